The van der Waals surface area contributed by atoms with Crippen molar-refractivity contribution in [1.29, 1.82) is 0 Å². The number of carbonyl (C=O) groups excluding carboxylic acids is 1. The van der Waals surface area contributed by atoms with E-state index in [0.29, 0.717) is 30.6 Å². The molecular weight excluding hydrogens is 410 g/mol. The average molecular weight is 442 g/mol. The SMILES string of the molecule is CN(C(=O)CN1CCN(Cc2coc(-c3ccc([N+](=O)[O-])cc3)n2)CC1)C1CCCCC1. The Hall–Kier alpha value is -2.78. The molecule has 1 saturated heterocycles. The summed E-state index contributed by atoms with van der Waals surface area (Å²) in [5, 5.41) is 10.8. The number of hydrogen-bond acceptors (Lipinski definition) is 7. The fraction of sp³-hybridized carbons (Fsp3) is 0.565. The molecule has 0 unspecified atom stereocenters. The second-order valence-corrected chi connectivity index (χ2v) is 8.80. The number of rotatable bonds is 7. The Bertz CT molecular complexity index is 915. The molecular formula is C23H31N5O4. The van der Waals surface area contributed by atoms with Gasteiger partial charge in [-0.15, -0.1) is 0 Å². The number of amides is 1. The minimum Gasteiger partial charge on any atom is -0.444 e. The number of nitro benzene ring substituents is 1. The lowest BCUT2D eigenvalue weighted by molar-refractivity contribution is -0.384. The van der Waals surface area contributed by atoms with Crippen molar-refractivity contribution in [3.05, 3.63) is 46.3 Å². The fourth-order valence-electron chi connectivity index (χ4n) is 4.55. The van der Waals surface area contributed by atoms with Crippen LogP contribution < -0.4 is 0 Å². The fourth-order valence-corrected chi connectivity index (χ4v) is 4.55. The topological polar surface area (TPSA) is 96.0 Å². The van der Waals surface area contributed by atoms with E-state index in [-0.39, 0.29) is 11.6 Å². The lowest BCUT2D eigenvalue weighted by atomic mass is 9.94. The van der Waals surface area contributed by atoms with Crippen molar-refractivity contribution in [3.63, 3.8) is 0 Å². The predicted molar refractivity (Wildman–Crippen MR) is 120 cm³/mol. The van der Waals surface area contributed by atoms with E-state index in [1.807, 2.05) is 11.9 Å². The number of likely N-dealkylation sites (N-methyl/N-ethyl adjacent to an activating group) is 1. The standard InChI is InChI=1S/C23H31N5O4/c1-25(20-5-3-2-4-6-20)22(29)16-27-13-11-26(12-14-27)15-19-17-32-23(24-19)18-7-9-21(10-8-18)28(30)31/h7-10,17,20H,2-6,11-16H2,1H3. The van der Waals surface area contributed by atoms with E-state index < -0.39 is 4.92 Å². The van der Waals surface area contributed by atoms with Crippen LogP contribution in [0.15, 0.2) is 34.9 Å². The molecule has 2 fully saturated rings. The maximum atomic E-state index is 12.7. The number of nitro groups is 1. The summed E-state index contributed by atoms with van der Waals surface area (Å²) in [6.07, 6.45) is 7.67. The summed E-state index contributed by atoms with van der Waals surface area (Å²) in [6, 6.07) is 6.60. The molecule has 1 aliphatic carbocycles. The molecule has 0 radical (unpaired) electrons. The van der Waals surface area contributed by atoms with Crippen LogP contribution >= 0.6 is 0 Å². The number of aromatic nitrogens is 1. The van der Waals surface area contributed by atoms with Gasteiger partial charge in [0.25, 0.3) is 5.69 Å². The first-order chi connectivity index (χ1) is 15.5. The van der Waals surface area contributed by atoms with Crippen molar-refractivity contribution in [2.75, 3.05) is 39.8 Å². The van der Waals surface area contributed by atoms with E-state index in [4.69, 9.17) is 4.42 Å². The molecule has 1 saturated carbocycles. The number of hydrogen-bond donors (Lipinski definition) is 0. The van der Waals surface area contributed by atoms with Crippen LogP contribution in [-0.4, -0.2) is 76.3 Å². The summed E-state index contributed by atoms with van der Waals surface area (Å²) in [7, 11) is 1.96. The summed E-state index contributed by atoms with van der Waals surface area (Å²) in [6.45, 7) is 4.64. The van der Waals surface area contributed by atoms with Gasteiger partial charge in [0.15, 0.2) is 0 Å². The smallest absolute Gasteiger partial charge is 0.269 e. The third-order valence-electron chi connectivity index (χ3n) is 6.60. The van der Waals surface area contributed by atoms with Gasteiger partial charge in [0.1, 0.15) is 6.26 Å². The third-order valence-corrected chi connectivity index (χ3v) is 6.60. The Morgan fingerprint density at radius 1 is 1.12 bits per heavy atom. The van der Waals surface area contributed by atoms with Gasteiger partial charge in [-0.3, -0.25) is 24.7 Å². The van der Waals surface area contributed by atoms with E-state index in [1.54, 1.807) is 18.4 Å². The molecule has 9 heteroatoms. The summed E-state index contributed by atoms with van der Waals surface area (Å²) >= 11 is 0. The second kappa shape index (κ2) is 10.2. The first kappa shape index (κ1) is 22.4. The van der Waals surface area contributed by atoms with Crippen LogP contribution in [-0.2, 0) is 11.3 Å². The number of non-ortho nitro benzene ring substituents is 1. The number of piperazine rings is 1. The molecule has 0 atom stereocenters. The van der Waals surface area contributed by atoms with Crippen LogP contribution in [0.4, 0.5) is 5.69 Å². The molecule has 0 N–H and O–H groups in total. The van der Waals surface area contributed by atoms with Gasteiger partial charge in [0, 0.05) is 63.5 Å². The van der Waals surface area contributed by atoms with Crippen molar-refractivity contribution in [2.45, 2.75) is 44.7 Å². The summed E-state index contributed by atoms with van der Waals surface area (Å²) in [4.78, 5) is 34.1. The van der Waals surface area contributed by atoms with Crippen molar-refractivity contribution in [1.82, 2.24) is 19.7 Å². The molecule has 172 valence electrons. The molecule has 32 heavy (non-hydrogen) atoms. The van der Waals surface area contributed by atoms with Crippen molar-refractivity contribution >= 4 is 11.6 Å². The Balaban J connectivity index is 1.24. The minimum atomic E-state index is -0.425. The Kier molecular flexibility index (Phi) is 7.16. The van der Waals surface area contributed by atoms with Gasteiger partial charge < -0.3 is 9.32 Å². The van der Waals surface area contributed by atoms with E-state index in [2.05, 4.69) is 14.8 Å². The highest BCUT2D eigenvalue weighted by Gasteiger charge is 2.25. The zero-order chi connectivity index (χ0) is 22.5. The van der Waals surface area contributed by atoms with Gasteiger partial charge in [-0.25, -0.2) is 4.98 Å². The van der Waals surface area contributed by atoms with Crippen molar-refractivity contribution in [2.24, 2.45) is 0 Å². The molecule has 2 aromatic rings. The number of benzene rings is 1. The molecule has 2 aliphatic rings. The van der Waals surface area contributed by atoms with Gasteiger partial charge in [-0.05, 0) is 25.0 Å². The largest absolute Gasteiger partial charge is 0.444 e. The Morgan fingerprint density at radius 2 is 1.78 bits per heavy atom. The highest BCUT2D eigenvalue weighted by Crippen LogP contribution is 2.23. The van der Waals surface area contributed by atoms with Crippen LogP contribution in [0.1, 0.15) is 37.8 Å². The minimum absolute atomic E-state index is 0.0433. The Labute approximate surface area is 188 Å². The zero-order valence-electron chi connectivity index (χ0n) is 18.6. The normalized spacial score (nSPS) is 18.5. The van der Waals surface area contributed by atoms with Gasteiger partial charge in [0.05, 0.1) is 17.2 Å². The van der Waals surface area contributed by atoms with Crippen LogP contribution in [0.3, 0.4) is 0 Å². The molecule has 0 bridgehead atoms. The van der Waals surface area contributed by atoms with Gasteiger partial charge in [0.2, 0.25) is 11.8 Å². The first-order valence-corrected chi connectivity index (χ1v) is 11.4. The number of nitrogens with zero attached hydrogens (tertiary/aromatic N) is 5. The monoisotopic (exact) mass is 441 g/mol. The molecule has 1 aromatic heterocycles. The summed E-state index contributed by atoms with van der Waals surface area (Å²) < 4.78 is 5.58. The molecule has 9 nitrogen and oxygen atoms in total. The Morgan fingerprint density at radius 3 is 2.44 bits per heavy atom. The van der Waals surface area contributed by atoms with Gasteiger partial charge in [-0.2, -0.15) is 0 Å². The number of carbonyl (C=O) groups is 1. The number of oxazole rings is 1. The van der Waals surface area contributed by atoms with E-state index in [0.717, 1.165) is 44.7 Å². The third kappa shape index (κ3) is 5.52. The molecule has 1 aliphatic heterocycles. The molecule has 4 rings (SSSR count). The van der Waals surface area contributed by atoms with Crippen LogP contribution in [0.25, 0.3) is 11.5 Å². The summed E-state index contributed by atoms with van der Waals surface area (Å²) in [5.74, 6) is 0.694. The van der Waals surface area contributed by atoms with Crippen LogP contribution in [0, 0.1) is 10.1 Å². The van der Waals surface area contributed by atoms with Gasteiger partial charge >= 0.3 is 0 Å². The van der Waals surface area contributed by atoms with Crippen LogP contribution in [0.5, 0.6) is 0 Å². The van der Waals surface area contributed by atoms with Crippen molar-refractivity contribution in [3.8, 4) is 11.5 Å². The van der Waals surface area contributed by atoms with Gasteiger partial charge in [-0.1, -0.05) is 19.3 Å². The van der Waals surface area contributed by atoms with E-state index >= 15 is 0 Å². The predicted octanol–water partition coefficient (Wildman–Crippen LogP) is 3.16. The van der Waals surface area contributed by atoms with Crippen molar-refractivity contribution < 1.29 is 14.1 Å². The maximum Gasteiger partial charge on any atom is 0.269 e. The van der Waals surface area contributed by atoms with Crippen LogP contribution in [0.2, 0.25) is 0 Å². The summed E-state index contributed by atoms with van der Waals surface area (Å²) in [5.41, 5.74) is 1.59. The molecule has 0 spiro atoms. The molecule has 1 aromatic carbocycles. The maximum absolute atomic E-state index is 12.7. The quantitative estimate of drug-likeness (QED) is 0.481. The second-order valence-electron chi connectivity index (χ2n) is 8.80. The lowest BCUT2D eigenvalue weighted by Gasteiger charge is -2.36. The lowest BCUT2D eigenvalue weighted by Crippen LogP contribution is -2.50. The van der Waals surface area contributed by atoms with E-state index in [1.165, 1.54) is 31.4 Å². The van der Waals surface area contributed by atoms with E-state index in [9.17, 15) is 14.9 Å². The highest BCUT2D eigenvalue weighted by molar-refractivity contribution is 5.78. The highest BCUT2D eigenvalue weighted by atomic mass is 16.6. The zero-order valence-corrected chi connectivity index (χ0v) is 18.6. The first-order valence-electron chi connectivity index (χ1n) is 11.4. The molecule has 2 heterocycles. The average Bonchev–Trinajstić information content (AvgIpc) is 3.29. The molecule has 1 amide bonds.